The fourth-order valence-corrected chi connectivity index (χ4v) is 3.70. The van der Waals surface area contributed by atoms with E-state index in [-0.39, 0.29) is 5.69 Å². The molecule has 0 aromatic heterocycles. The lowest BCUT2D eigenvalue weighted by molar-refractivity contribution is -0.384. The van der Waals surface area contributed by atoms with Crippen LogP contribution in [0.15, 0.2) is 18.2 Å². The number of nitro benzene ring substituents is 1. The lowest BCUT2D eigenvalue weighted by atomic mass is 10.2. The maximum Gasteiger partial charge on any atom is 0.271 e. The minimum Gasteiger partial charge on any atom is -0.397 e. The number of hydrogen-bond acceptors (Lipinski definition) is 5. The Bertz CT molecular complexity index is 467. The van der Waals surface area contributed by atoms with Crippen LogP contribution in [0.3, 0.4) is 0 Å². The van der Waals surface area contributed by atoms with Crippen molar-refractivity contribution >= 4 is 28.8 Å². The monoisotopic (exact) mass is 281 g/mol. The van der Waals surface area contributed by atoms with Crippen LogP contribution in [0.5, 0.6) is 0 Å². The van der Waals surface area contributed by atoms with Gasteiger partial charge in [0.05, 0.1) is 16.3 Å². The number of anilines is 2. The van der Waals surface area contributed by atoms with E-state index in [4.69, 9.17) is 5.73 Å². The molecule has 0 amide bonds. The molecule has 1 saturated carbocycles. The van der Waals surface area contributed by atoms with E-state index in [9.17, 15) is 10.1 Å². The lowest BCUT2D eigenvalue weighted by Crippen LogP contribution is -2.26. The highest BCUT2D eigenvalue weighted by Crippen LogP contribution is 2.34. The highest BCUT2D eigenvalue weighted by molar-refractivity contribution is 7.99. The first-order valence-corrected chi connectivity index (χ1v) is 7.58. The summed E-state index contributed by atoms with van der Waals surface area (Å²) in [7, 11) is 0. The van der Waals surface area contributed by atoms with Crippen LogP contribution >= 0.6 is 11.8 Å². The first-order valence-electron chi connectivity index (χ1n) is 6.54. The highest BCUT2D eigenvalue weighted by Gasteiger charge is 2.27. The van der Waals surface area contributed by atoms with Crippen molar-refractivity contribution in [2.75, 3.05) is 16.8 Å². The summed E-state index contributed by atoms with van der Waals surface area (Å²) in [6.45, 7) is 2.17. The zero-order valence-electron chi connectivity index (χ0n) is 11.0. The number of nitrogen functional groups attached to an aromatic ring is 1. The fourth-order valence-electron chi connectivity index (χ4n) is 2.50. The number of rotatable bonds is 5. The second-order valence-corrected chi connectivity index (χ2v) is 6.22. The SMILES string of the molecule is CCSC1CCCC1Nc1ccc([N+](=O)[O-])cc1N. The van der Waals surface area contributed by atoms with Gasteiger partial charge in [-0.3, -0.25) is 10.1 Å². The van der Waals surface area contributed by atoms with E-state index in [1.807, 2.05) is 11.8 Å². The van der Waals surface area contributed by atoms with Gasteiger partial charge in [-0.15, -0.1) is 0 Å². The Morgan fingerprint density at radius 1 is 1.53 bits per heavy atom. The predicted octanol–water partition coefficient (Wildman–Crippen LogP) is 3.26. The minimum absolute atomic E-state index is 0.0361. The molecule has 0 saturated heterocycles. The summed E-state index contributed by atoms with van der Waals surface area (Å²) >= 11 is 1.97. The van der Waals surface area contributed by atoms with Crippen molar-refractivity contribution in [3.8, 4) is 0 Å². The van der Waals surface area contributed by atoms with Crippen molar-refractivity contribution in [2.24, 2.45) is 0 Å². The van der Waals surface area contributed by atoms with Gasteiger partial charge < -0.3 is 11.1 Å². The highest BCUT2D eigenvalue weighted by atomic mass is 32.2. The molecule has 1 aromatic carbocycles. The Morgan fingerprint density at radius 2 is 2.32 bits per heavy atom. The second-order valence-electron chi connectivity index (χ2n) is 4.70. The largest absolute Gasteiger partial charge is 0.397 e. The van der Waals surface area contributed by atoms with Gasteiger partial charge in [0.25, 0.3) is 5.69 Å². The van der Waals surface area contributed by atoms with E-state index in [1.54, 1.807) is 6.07 Å². The van der Waals surface area contributed by atoms with Crippen LogP contribution in [0, 0.1) is 10.1 Å². The van der Waals surface area contributed by atoms with Gasteiger partial charge in [0.2, 0.25) is 0 Å². The van der Waals surface area contributed by atoms with Crippen molar-refractivity contribution in [1.82, 2.24) is 0 Å². The van der Waals surface area contributed by atoms with Crippen molar-refractivity contribution in [3.05, 3.63) is 28.3 Å². The molecule has 0 bridgehead atoms. The number of nitrogens with zero attached hydrogens (tertiary/aromatic N) is 1. The Kier molecular flexibility index (Phi) is 4.52. The van der Waals surface area contributed by atoms with Gasteiger partial charge in [0.15, 0.2) is 0 Å². The predicted molar refractivity (Wildman–Crippen MR) is 80.7 cm³/mol. The first kappa shape index (κ1) is 14.0. The summed E-state index contributed by atoms with van der Waals surface area (Å²) in [6.07, 6.45) is 3.58. The summed E-state index contributed by atoms with van der Waals surface area (Å²) in [5, 5.41) is 14.7. The van der Waals surface area contributed by atoms with Crippen LogP contribution in [0.25, 0.3) is 0 Å². The Balaban J connectivity index is 2.08. The molecular formula is C13H19N3O2S. The molecule has 1 fully saturated rings. The number of benzene rings is 1. The van der Waals surface area contributed by atoms with E-state index in [1.165, 1.54) is 25.0 Å². The summed E-state index contributed by atoms with van der Waals surface area (Å²) in [4.78, 5) is 10.2. The van der Waals surface area contributed by atoms with Crippen LogP contribution in [-0.2, 0) is 0 Å². The number of nitro groups is 1. The summed E-state index contributed by atoms with van der Waals surface area (Å²) < 4.78 is 0. The normalized spacial score (nSPS) is 22.4. The molecular weight excluding hydrogens is 262 g/mol. The molecule has 5 nitrogen and oxygen atoms in total. The van der Waals surface area contributed by atoms with Gasteiger partial charge in [-0.2, -0.15) is 11.8 Å². The van der Waals surface area contributed by atoms with Crippen LogP contribution < -0.4 is 11.1 Å². The van der Waals surface area contributed by atoms with Crippen LogP contribution in [-0.4, -0.2) is 22.0 Å². The number of non-ortho nitro benzene ring substituents is 1. The van der Waals surface area contributed by atoms with Gasteiger partial charge in [0.1, 0.15) is 0 Å². The van der Waals surface area contributed by atoms with Gasteiger partial charge >= 0.3 is 0 Å². The van der Waals surface area contributed by atoms with Crippen molar-refractivity contribution in [1.29, 1.82) is 0 Å². The third-order valence-corrected chi connectivity index (χ3v) is 4.75. The molecule has 0 radical (unpaired) electrons. The third kappa shape index (κ3) is 3.32. The average molecular weight is 281 g/mol. The molecule has 3 N–H and O–H groups in total. The average Bonchev–Trinajstić information content (AvgIpc) is 2.79. The molecule has 2 rings (SSSR count). The van der Waals surface area contributed by atoms with Crippen LogP contribution in [0.2, 0.25) is 0 Å². The third-order valence-electron chi connectivity index (χ3n) is 3.42. The molecule has 1 aliphatic rings. The standard InChI is InChI=1S/C13H19N3O2S/c1-2-19-13-5-3-4-12(13)15-11-7-6-9(16(17)18)8-10(11)14/h6-8,12-13,15H,2-5,14H2,1H3. The maximum atomic E-state index is 10.7. The molecule has 0 aliphatic heterocycles. The summed E-state index contributed by atoms with van der Waals surface area (Å²) in [6, 6.07) is 5.03. The molecule has 2 atom stereocenters. The van der Waals surface area contributed by atoms with Gasteiger partial charge in [-0.05, 0) is 24.7 Å². The molecule has 2 unspecified atom stereocenters. The second kappa shape index (κ2) is 6.14. The van der Waals surface area contributed by atoms with Gasteiger partial charge in [-0.25, -0.2) is 0 Å². The molecule has 104 valence electrons. The van der Waals surface area contributed by atoms with Crippen molar-refractivity contribution < 1.29 is 4.92 Å². The van der Waals surface area contributed by atoms with Crippen molar-refractivity contribution in [2.45, 2.75) is 37.5 Å². The Labute approximate surface area is 117 Å². The van der Waals surface area contributed by atoms with Crippen molar-refractivity contribution in [3.63, 3.8) is 0 Å². The molecule has 1 aliphatic carbocycles. The van der Waals surface area contributed by atoms with Crippen LogP contribution in [0.1, 0.15) is 26.2 Å². The van der Waals surface area contributed by atoms with E-state index < -0.39 is 4.92 Å². The van der Waals surface area contributed by atoms with Gasteiger partial charge in [0, 0.05) is 23.4 Å². The fraction of sp³-hybridized carbons (Fsp3) is 0.538. The molecule has 19 heavy (non-hydrogen) atoms. The maximum absolute atomic E-state index is 10.7. The summed E-state index contributed by atoms with van der Waals surface area (Å²) in [5.41, 5.74) is 7.17. The molecule has 0 spiro atoms. The minimum atomic E-state index is -0.425. The van der Waals surface area contributed by atoms with E-state index >= 15 is 0 Å². The number of nitrogens with one attached hydrogen (secondary N) is 1. The first-order chi connectivity index (χ1) is 9.11. The lowest BCUT2D eigenvalue weighted by Gasteiger charge is -2.22. The number of thioether (sulfide) groups is 1. The van der Waals surface area contributed by atoms with E-state index in [0.29, 0.717) is 17.0 Å². The Hall–Kier alpha value is -1.43. The summed E-state index contributed by atoms with van der Waals surface area (Å²) in [5.74, 6) is 1.11. The topological polar surface area (TPSA) is 81.2 Å². The van der Waals surface area contributed by atoms with Gasteiger partial charge in [-0.1, -0.05) is 13.3 Å². The number of hydrogen-bond donors (Lipinski definition) is 2. The van der Waals surface area contributed by atoms with E-state index in [2.05, 4.69) is 12.2 Å². The molecule has 1 aromatic rings. The molecule has 0 heterocycles. The molecule has 6 heteroatoms. The van der Waals surface area contributed by atoms with E-state index in [0.717, 1.165) is 17.9 Å². The van der Waals surface area contributed by atoms with Crippen LogP contribution in [0.4, 0.5) is 17.1 Å². The number of nitrogens with two attached hydrogens (primary N) is 1. The quantitative estimate of drug-likeness (QED) is 0.492. The zero-order chi connectivity index (χ0) is 13.8. The smallest absolute Gasteiger partial charge is 0.271 e. The zero-order valence-corrected chi connectivity index (χ0v) is 11.8. The Morgan fingerprint density at radius 3 is 2.95 bits per heavy atom.